The first-order valence-corrected chi connectivity index (χ1v) is 6.84. The molecule has 3 heteroatoms. The van der Waals surface area contributed by atoms with Crippen LogP contribution in [-0.2, 0) is 11.3 Å². The summed E-state index contributed by atoms with van der Waals surface area (Å²) in [5, 5.41) is 2.89. The minimum absolute atomic E-state index is 0.0968. The van der Waals surface area contributed by atoms with Gasteiger partial charge in [0.25, 0.3) is 0 Å². The number of amides is 1. The van der Waals surface area contributed by atoms with E-state index in [4.69, 9.17) is 5.73 Å². The molecule has 1 amide bonds. The van der Waals surface area contributed by atoms with Crippen LogP contribution >= 0.6 is 0 Å². The maximum Gasteiger partial charge on any atom is 0.237 e. The maximum atomic E-state index is 11.9. The van der Waals surface area contributed by atoms with Crippen LogP contribution in [0.4, 0.5) is 0 Å². The van der Waals surface area contributed by atoms with E-state index in [0.29, 0.717) is 12.5 Å². The number of carbonyl (C=O) groups is 1. The van der Waals surface area contributed by atoms with Gasteiger partial charge in [0.15, 0.2) is 0 Å². The molecule has 0 spiro atoms. The first-order valence-electron chi connectivity index (χ1n) is 6.84. The Kier molecular flexibility index (Phi) is 5.12. The Bertz CT molecular complexity index is 415. The van der Waals surface area contributed by atoms with E-state index in [1.54, 1.807) is 0 Å². The summed E-state index contributed by atoms with van der Waals surface area (Å²) in [6.07, 6.45) is 0. The Hall–Kier alpha value is -1.35. The second kappa shape index (κ2) is 6.20. The summed E-state index contributed by atoms with van der Waals surface area (Å²) in [6.45, 7) is 10.8. The Balaban J connectivity index is 2.55. The highest BCUT2D eigenvalue weighted by molar-refractivity contribution is 5.82. The van der Waals surface area contributed by atoms with Crippen LogP contribution in [-0.4, -0.2) is 11.9 Å². The van der Waals surface area contributed by atoms with Crippen molar-refractivity contribution >= 4 is 5.91 Å². The largest absolute Gasteiger partial charge is 0.351 e. The van der Waals surface area contributed by atoms with E-state index < -0.39 is 6.04 Å². The van der Waals surface area contributed by atoms with Crippen LogP contribution in [0.2, 0.25) is 0 Å². The predicted octanol–water partition coefficient (Wildman–Crippen LogP) is 2.80. The molecular weight excluding hydrogens is 236 g/mol. The quantitative estimate of drug-likeness (QED) is 0.876. The molecule has 0 radical (unpaired) electrons. The molecule has 1 aromatic carbocycles. The van der Waals surface area contributed by atoms with Crippen molar-refractivity contribution < 1.29 is 4.79 Å². The minimum atomic E-state index is -0.484. The van der Waals surface area contributed by atoms with Gasteiger partial charge in [-0.3, -0.25) is 4.79 Å². The van der Waals surface area contributed by atoms with Gasteiger partial charge in [0.2, 0.25) is 5.91 Å². The molecule has 1 atom stereocenters. The molecule has 3 N–H and O–H groups in total. The number of hydrogen-bond donors (Lipinski definition) is 2. The lowest BCUT2D eigenvalue weighted by Crippen LogP contribution is -2.48. The number of benzene rings is 1. The first-order chi connectivity index (χ1) is 8.71. The molecule has 0 aliphatic heterocycles. The van der Waals surface area contributed by atoms with Gasteiger partial charge in [0.05, 0.1) is 6.04 Å². The molecule has 1 unspecified atom stereocenters. The standard InChI is InChI=1S/C16H26N2O/c1-11(2)13-8-6-12(7-9-13)10-18-15(19)14(17)16(3,4)5/h6-9,11,14H,10,17H2,1-5H3,(H,18,19). The molecule has 1 rings (SSSR count). The fraction of sp³-hybridized carbons (Fsp3) is 0.562. The molecule has 0 aliphatic rings. The van der Waals surface area contributed by atoms with Crippen LogP contribution in [0.3, 0.4) is 0 Å². The lowest BCUT2D eigenvalue weighted by atomic mass is 9.87. The fourth-order valence-corrected chi connectivity index (χ4v) is 1.71. The monoisotopic (exact) mass is 262 g/mol. The zero-order valence-electron chi connectivity index (χ0n) is 12.7. The van der Waals surface area contributed by atoms with Crippen LogP contribution < -0.4 is 11.1 Å². The smallest absolute Gasteiger partial charge is 0.237 e. The molecule has 0 saturated carbocycles. The molecule has 106 valence electrons. The van der Waals surface area contributed by atoms with Crippen molar-refractivity contribution in [1.82, 2.24) is 5.32 Å². The topological polar surface area (TPSA) is 55.1 Å². The van der Waals surface area contributed by atoms with Crippen molar-refractivity contribution in [2.45, 2.75) is 53.1 Å². The number of nitrogens with two attached hydrogens (primary N) is 1. The average Bonchev–Trinajstić information content (AvgIpc) is 2.34. The van der Waals surface area contributed by atoms with Gasteiger partial charge in [0.1, 0.15) is 0 Å². The minimum Gasteiger partial charge on any atom is -0.351 e. The second-order valence-corrected chi connectivity index (χ2v) is 6.46. The van der Waals surface area contributed by atoms with Crippen LogP contribution in [0.15, 0.2) is 24.3 Å². The lowest BCUT2D eigenvalue weighted by Gasteiger charge is -2.25. The van der Waals surface area contributed by atoms with Gasteiger partial charge in [-0.2, -0.15) is 0 Å². The Morgan fingerprint density at radius 3 is 2.16 bits per heavy atom. The van der Waals surface area contributed by atoms with Crippen molar-refractivity contribution in [2.24, 2.45) is 11.1 Å². The third kappa shape index (κ3) is 4.67. The summed E-state index contributed by atoms with van der Waals surface area (Å²) in [5.74, 6) is 0.429. The second-order valence-electron chi connectivity index (χ2n) is 6.46. The highest BCUT2D eigenvalue weighted by atomic mass is 16.2. The highest BCUT2D eigenvalue weighted by Crippen LogP contribution is 2.17. The van der Waals surface area contributed by atoms with Crippen LogP contribution in [0.25, 0.3) is 0 Å². The van der Waals surface area contributed by atoms with Gasteiger partial charge in [0, 0.05) is 6.54 Å². The molecular formula is C16H26N2O. The van der Waals surface area contributed by atoms with Crippen molar-refractivity contribution in [2.75, 3.05) is 0 Å². The number of hydrogen-bond acceptors (Lipinski definition) is 2. The van der Waals surface area contributed by atoms with E-state index in [0.717, 1.165) is 5.56 Å². The molecule has 0 fully saturated rings. The normalized spacial score (nSPS) is 13.4. The average molecular weight is 262 g/mol. The van der Waals surface area contributed by atoms with Crippen LogP contribution in [0.1, 0.15) is 51.7 Å². The van der Waals surface area contributed by atoms with Crippen LogP contribution in [0.5, 0.6) is 0 Å². The molecule has 0 saturated heterocycles. The van der Waals surface area contributed by atoms with E-state index >= 15 is 0 Å². The lowest BCUT2D eigenvalue weighted by molar-refractivity contribution is -0.124. The van der Waals surface area contributed by atoms with Crippen molar-refractivity contribution in [1.29, 1.82) is 0 Å². The van der Waals surface area contributed by atoms with Gasteiger partial charge in [-0.1, -0.05) is 58.9 Å². The molecule has 1 aromatic rings. The zero-order chi connectivity index (χ0) is 14.6. The fourth-order valence-electron chi connectivity index (χ4n) is 1.71. The third-order valence-corrected chi connectivity index (χ3v) is 3.33. The first kappa shape index (κ1) is 15.7. The van der Waals surface area contributed by atoms with Crippen molar-refractivity contribution in [3.63, 3.8) is 0 Å². The highest BCUT2D eigenvalue weighted by Gasteiger charge is 2.26. The van der Waals surface area contributed by atoms with Crippen molar-refractivity contribution in [3.8, 4) is 0 Å². The SMILES string of the molecule is CC(C)c1ccc(CNC(=O)C(N)C(C)(C)C)cc1. The maximum absolute atomic E-state index is 11.9. The van der Waals surface area contributed by atoms with E-state index in [2.05, 4.69) is 43.4 Å². The summed E-state index contributed by atoms with van der Waals surface area (Å²) in [5.41, 5.74) is 8.10. The summed E-state index contributed by atoms with van der Waals surface area (Å²) >= 11 is 0. The van der Waals surface area contributed by atoms with E-state index in [9.17, 15) is 4.79 Å². The number of nitrogens with one attached hydrogen (secondary N) is 1. The molecule has 0 aromatic heterocycles. The zero-order valence-corrected chi connectivity index (χ0v) is 12.7. The van der Waals surface area contributed by atoms with Gasteiger partial charge < -0.3 is 11.1 Å². The number of rotatable bonds is 4. The van der Waals surface area contributed by atoms with Gasteiger partial charge in [-0.25, -0.2) is 0 Å². The molecule has 3 nitrogen and oxygen atoms in total. The predicted molar refractivity (Wildman–Crippen MR) is 79.8 cm³/mol. The van der Waals surface area contributed by atoms with Crippen LogP contribution in [0, 0.1) is 5.41 Å². The van der Waals surface area contributed by atoms with Gasteiger partial charge in [-0.05, 0) is 22.5 Å². The Labute approximate surface area is 116 Å². The molecule has 0 bridgehead atoms. The summed E-state index contributed by atoms with van der Waals surface area (Å²) in [4.78, 5) is 11.9. The molecule has 19 heavy (non-hydrogen) atoms. The van der Waals surface area contributed by atoms with Gasteiger partial charge >= 0.3 is 0 Å². The summed E-state index contributed by atoms with van der Waals surface area (Å²) in [7, 11) is 0. The number of carbonyl (C=O) groups excluding carboxylic acids is 1. The van der Waals surface area contributed by atoms with Crippen molar-refractivity contribution in [3.05, 3.63) is 35.4 Å². The molecule has 0 aliphatic carbocycles. The summed E-state index contributed by atoms with van der Waals surface area (Å²) < 4.78 is 0. The van der Waals surface area contributed by atoms with E-state index in [1.165, 1.54) is 5.56 Å². The Morgan fingerprint density at radius 2 is 1.74 bits per heavy atom. The van der Waals surface area contributed by atoms with Gasteiger partial charge in [-0.15, -0.1) is 0 Å². The van der Waals surface area contributed by atoms with E-state index in [1.807, 2.05) is 20.8 Å². The third-order valence-electron chi connectivity index (χ3n) is 3.33. The Morgan fingerprint density at radius 1 is 1.21 bits per heavy atom. The molecule has 0 heterocycles. The van der Waals surface area contributed by atoms with E-state index in [-0.39, 0.29) is 11.3 Å². The summed E-state index contributed by atoms with van der Waals surface area (Å²) in [6, 6.07) is 7.84.